The van der Waals surface area contributed by atoms with Crippen molar-refractivity contribution in [1.29, 1.82) is 0 Å². The Labute approximate surface area is 153 Å². The third-order valence-electron chi connectivity index (χ3n) is 4.06. The first kappa shape index (κ1) is 18.0. The number of anilines is 1. The van der Waals surface area contributed by atoms with Crippen LogP contribution >= 0.6 is 11.3 Å². The third kappa shape index (κ3) is 3.43. The minimum absolute atomic E-state index is 0.229. The van der Waals surface area contributed by atoms with E-state index in [1.54, 1.807) is 0 Å². The van der Waals surface area contributed by atoms with Crippen LogP contribution in [0.15, 0.2) is 42.3 Å². The molecule has 7 heteroatoms. The lowest BCUT2D eigenvalue weighted by molar-refractivity contribution is 0.102. The van der Waals surface area contributed by atoms with Crippen molar-refractivity contribution in [3.05, 3.63) is 70.9 Å². The molecule has 0 unspecified atom stereocenters. The zero-order chi connectivity index (χ0) is 18.8. The minimum atomic E-state index is -0.910. The van der Waals surface area contributed by atoms with Crippen molar-refractivity contribution in [3.8, 4) is 11.3 Å². The van der Waals surface area contributed by atoms with Gasteiger partial charge in [-0.2, -0.15) is 0 Å². The number of aromatic nitrogens is 2. The molecule has 3 aromatic rings. The predicted octanol–water partition coefficient (Wildman–Crippen LogP) is 4.94. The number of rotatable bonds is 5. The molecule has 134 valence electrons. The number of carbonyl (C=O) groups excluding carboxylic acids is 1. The third-order valence-corrected chi connectivity index (χ3v) is 4.82. The van der Waals surface area contributed by atoms with Crippen molar-refractivity contribution >= 4 is 22.4 Å². The monoisotopic (exact) mass is 373 g/mol. The largest absolute Gasteiger partial charge is 0.345 e. The Morgan fingerprint density at radius 2 is 2.12 bits per heavy atom. The first-order valence-corrected chi connectivity index (χ1v) is 8.78. The minimum Gasteiger partial charge on any atom is -0.345 e. The Hall–Kier alpha value is -2.80. The highest BCUT2D eigenvalue weighted by Crippen LogP contribution is 2.30. The van der Waals surface area contributed by atoms with Crippen molar-refractivity contribution < 1.29 is 13.6 Å². The maximum absolute atomic E-state index is 13.7. The molecule has 2 heterocycles. The summed E-state index contributed by atoms with van der Waals surface area (Å²) in [6.07, 6.45) is 1.83. The number of carbonyl (C=O) groups is 1. The molecule has 0 bridgehead atoms. The van der Waals surface area contributed by atoms with Crippen molar-refractivity contribution in [2.45, 2.75) is 20.4 Å². The van der Waals surface area contributed by atoms with Gasteiger partial charge >= 0.3 is 0 Å². The van der Waals surface area contributed by atoms with Crippen LogP contribution in [-0.4, -0.2) is 15.5 Å². The number of aryl methyl sites for hydroxylation is 1. The second-order valence-corrected chi connectivity index (χ2v) is 6.66. The number of hydrogen-bond donors (Lipinski definition) is 1. The van der Waals surface area contributed by atoms with Gasteiger partial charge < -0.3 is 4.57 Å². The van der Waals surface area contributed by atoms with E-state index in [2.05, 4.69) is 21.4 Å². The van der Waals surface area contributed by atoms with Crippen LogP contribution in [0.2, 0.25) is 0 Å². The van der Waals surface area contributed by atoms with Gasteiger partial charge in [0.1, 0.15) is 11.6 Å². The number of allylic oxidation sites excluding steroid dienone is 1. The van der Waals surface area contributed by atoms with E-state index >= 15 is 0 Å². The lowest BCUT2D eigenvalue weighted by Crippen LogP contribution is -2.13. The Morgan fingerprint density at radius 1 is 1.35 bits per heavy atom. The molecule has 1 amide bonds. The normalized spacial score (nSPS) is 10.8. The first-order chi connectivity index (χ1) is 12.4. The van der Waals surface area contributed by atoms with E-state index in [1.807, 2.05) is 31.4 Å². The van der Waals surface area contributed by atoms with Crippen molar-refractivity contribution in [3.63, 3.8) is 0 Å². The fourth-order valence-electron chi connectivity index (χ4n) is 2.76. The molecule has 0 atom stereocenters. The van der Waals surface area contributed by atoms with Crippen LogP contribution in [0, 0.1) is 25.5 Å². The van der Waals surface area contributed by atoms with Crippen LogP contribution in [0.4, 0.5) is 13.9 Å². The van der Waals surface area contributed by atoms with E-state index in [1.165, 1.54) is 11.3 Å². The Bertz CT molecular complexity index is 991. The highest BCUT2D eigenvalue weighted by Gasteiger charge is 2.16. The van der Waals surface area contributed by atoms with Gasteiger partial charge in [0.05, 0.1) is 11.3 Å². The summed E-state index contributed by atoms with van der Waals surface area (Å²) in [5.74, 6) is -2.31. The van der Waals surface area contributed by atoms with Crippen LogP contribution < -0.4 is 5.32 Å². The summed E-state index contributed by atoms with van der Waals surface area (Å²) in [4.78, 5) is 16.6. The van der Waals surface area contributed by atoms with E-state index in [0.29, 0.717) is 17.7 Å². The molecule has 3 rings (SSSR count). The summed E-state index contributed by atoms with van der Waals surface area (Å²) < 4.78 is 28.8. The summed E-state index contributed by atoms with van der Waals surface area (Å²) in [5, 5.41) is 4.74. The number of nitrogens with zero attached hydrogens (tertiary/aromatic N) is 2. The number of nitrogens with one attached hydrogen (secondary N) is 1. The number of thiazole rings is 1. The zero-order valence-corrected chi connectivity index (χ0v) is 15.2. The van der Waals surface area contributed by atoms with Gasteiger partial charge in [-0.3, -0.25) is 10.1 Å². The van der Waals surface area contributed by atoms with Crippen LogP contribution in [0.1, 0.15) is 21.7 Å². The lowest BCUT2D eigenvalue weighted by Gasteiger charge is -2.05. The summed E-state index contributed by atoms with van der Waals surface area (Å²) in [6.45, 7) is 8.47. The molecule has 2 aromatic heterocycles. The Morgan fingerprint density at radius 3 is 2.81 bits per heavy atom. The molecule has 0 spiro atoms. The van der Waals surface area contributed by atoms with Crippen molar-refractivity contribution in [2.24, 2.45) is 0 Å². The van der Waals surface area contributed by atoms with Gasteiger partial charge in [-0.15, -0.1) is 17.9 Å². The van der Waals surface area contributed by atoms with Crippen LogP contribution in [-0.2, 0) is 6.54 Å². The van der Waals surface area contributed by atoms with Gasteiger partial charge in [-0.1, -0.05) is 6.08 Å². The number of halogens is 2. The summed E-state index contributed by atoms with van der Waals surface area (Å²) in [5.41, 5.74) is 3.61. The predicted molar refractivity (Wildman–Crippen MR) is 99.5 cm³/mol. The summed E-state index contributed by atoms with van der Waals surface area (Å²) in [6, 6.07) is 4.85. The quantitative estimate of drug-likeness (QED) is 0.644. The van der Waals surface area contributed by atoms with E-state index in [-0.39, 0.29) is 5.56 Å². The maximum Gasteiger partial charge on any atom is 0.260 e. The lowest BCUT2D eigenvalue weighted by atomic mass is 10.2. The van der Waals surface area contributed by atoms with E-state index < -0.39 is 17.5 Å². The first-order valence-electron chi connectivity index (χ1n) is 7.90. The average Bonchev–Trinajstić information content (AvgIpc) is 3.14. The molecular formula is C19H17F2N3OS. The second kappa shape index (κ2) is 7.21. The fraction of sp³-hybridized carbons (Fsp3) is 0.158. The van der Waals surface area contributed by atoms with E-state index in [0.717, 1.165) is 34.8 Å². The Kier molecular flexibility index (Phi) is 4.99. The van der Waals surface area contributed by atoms with E-state index in [4.69, 9.17) is 0 Å². The molecule has 0 aliphatic carbocycles. The van der Waals surface area contributed by atoms with Gasteiger partial charge in [0.2, 0.25) is 0 Å². The standard InChI is InChI=1S/C19H17F2N3OS/c1-4-7-24-11(2)8-15(12(24)3)17-10-26-19(22-17)23-18(25)14-6-5-13(20)9-16(14)21/h4-6,8-10H,1,7H2,2-3H3,(H,22,23,25). The average molecular weight is 373 g/mol. The number of hydrogen-bond acceptors (Lipinski definition) is 3. The maximum atomic E-state index is 13.7. The molecule has 1 N–H and O–H groups in total. The number of amides is 1. The highest BCUT2D eigenvalue weighted by molar-refractivity contribution is 7.14. The molecule has 0 saturated heterocycles. The number of benzene rings is 1. The summed E-state index contributed by atoms with van der Waals surface area (Å²) in [7, 11) is 0. The van der Waals surface area contributed by atoms with Gasteiger partial charge in [0.15, 0.2) is 5.13 Å². The molecule has 0 aliphatic rings. The molecule has 26 heavy (non-hydrogen) atoms. The van der Waals surface area contributed by atoms with Crippen LogP contribution in [0.3, 0.4) is 0 Å². The molecule has 4 nitrogen and oxygen atoms in total. The van der Waals surface area contributed by atoms with Crippen LogP contribution in [0.5, 0.6) is 0 Å². The molecule has 0 aliphatic heterocycles. The van der Waals surface area contributed by atoms with Crippen molar-refractivity contribution in [1.82, 2.24) is 9.55 Å². The van der Waals surface area contributed by atoms with Gasteiger partial charge in [0, 0.05) is 34.9 Å². The highest BCUT2D eigenvalue weighted by atomic mass is 32.1. The smallest absolute Gasteiger partial charge is 0.260 e. The zero-order valence-electron chi connectivity index (χ0n) is 14.3. The molecule has 0 fully saturated rings. The van der Waals surface area contributed by atoms with Gasteiger partial charge in [-0.25, -0.2) is 13.8 Å². The van der Waals surface area contributed by atoms with Crippen LogP contribution in [0.25, 0.3) is 11.3 Å². The fourth-order valence-corrected chi connectivity index (χ4v) is 3.47. The van der Waals surface area contributed by atoms with Gasteiger partial charge in [0.25, 0.3) is 5.91 Å². The van der Waals surface area contributed by atoms with Gasteiger partial charge in [-0.05, 0) is 32.0 Å². The molecule has 0 radical (unpaired) electrons. The van der Waals surface area contributed by atoms with Crippen molar-refractivity contribution in [2.75, 3.05) is 5.32 Å². The molecule has 0 saturated carbocycles. The Balaban J connectivity index is 1.83. The topological polar surface area (TPSA) is 46.9 Å². The molecule has 1 aromatic carbocycles. The van der Waals surface area contributed by atoms with E-state index in [9.17, 15) is 13.6 Å². The summed E-state index contributed by atoms with van der Waals surface area (Å²) >= 11 is 1.24. The molecular weight excluding hydrogens is 356 g/mol. The SMILES string of the molecule is C=CCn1c(C)cc(-c2csc(NC(=O)c3ccc(F)cc3F)n2)c1C. The second-order valence-electron chi connectivity index (χ2n) is 5.80.